The van der Waals surface area contributed by atoms with Gasteiger partial charge in [0.1, 0.15) is 18.1 Å². The van der Waals surface area contributed by atoms with Crippen molar-refractivity contribution in [3.63, 3.8) is 0 Å². The summed E-state index contributed by atoms with van der Waals surface area (Å²) in [6.45, 7) is 10.0. The summed E-state index contributed by atoms with van der Waals surface area (Å²) in [4.78, 5) is 0. The zero-order valence-electron chi connectivity index (χ0n) is 12.7. The first-order chi connectivity index (χ1) is 8.89. The van der Waals surface area contributed by atoms with Gasteiger partial charge in [-0.3, -0.25) is 0 Å². The van der Waals surface area contributed by atoms with Gasteiger partial charge in [0.15, 0.2) is 0 Å². The first-order valence-electron chi connectivity index (χ1n) is 7.29. The van der Waals surface area contributed by atoms with E-state index >= 15 is 0 Å². The summed E-state index contributed by atoms with van der Waals surface area (Å²) in [5.74, 6) is 2.55. The predicted molar refractivity (Wildman–Crippen MR) is 76.7 cm³/mol. The van der Waals surface area contributed by atoms with Crippen molar-refractivity contribution in [1.82, 2.24) is 0 Å². The van der Waals surface area contributed by atoms with Crippen LogP contribution in [0.3, 0.4) is 0 Å². The number of hydrogen-bond donors (Lipinski definition) is 1. The summed E-state index contributed by atoms with van der Waals surface area (Å²) in [6, 6.07) is 2.02. The van der Waals surface area contributed by atoms with Crippen molar-refractivity contribution in [2.75, 3.05) is 0 Å². The molecule has 0 amide bonds. The zero-order valence-corrected chi connectivity index (χ0v) is 12.7. The first kappa shape index (κ1) is 14.6. The van der Waals surface area contributed by atoms with Crippen LogP contribution in [0.15, 0.2) is 10.5 Å². The molecule has 2 unspecified atom stereocenters. The molecular formula is C16H27NO2. The van der Waals surface area contributed by atoms with Crippen molar-refractivity contribution < 1.29 is 9.15 Å². The number of aryl methyl sites for hydroxylation is 1. The van der Waals surface area contributed by atoms with Crippen molar-refractivity contribution in [1.29, 1.82) is 0 Å². The Labute approximate surface area is 116 Å². The molecule has 1 fully saturated rings. The summed E-state index contributed by atoms with van der Waals surface area (Å²) >= 11 is 0. The van der Waals surface area contributed by atoms with Crippen LogP contribution in [0.2, 0.25) is 0 Å². The maximum atomic E-state index is 6.05. The maximum Gasteiger partial charge on any atom is 0.130 e. The summed E-state index contributed by atoms with van der Waals surface area (Å²) in [6.07, 6.45) is 3.95. The van der Waals surface area contributed by atoms with E-state index in [4.69, 9.17) is 14.9 Å². The highest BCUT2D eigenvalue weighted by molar-refractivity contribution is 5.19. The lowest BCUT2D eigenvalue weighted by Crippen LogP contribution is -2.32. The SMILES string of the molecule is Cc1oc(COC2CC(C)CC(C)(C)C2)cc1CN. The lowest BCUT2D eigenvalue weighted by molar-refractivity contribution is -0.0370. The fourth-order valence-electron chi connectivity index (χ4n) is 3.45. The second-order valence-electron chi connectivity index (χ2n) is 6.84. The van der Waals surface area contributed by atoms with Crippen molar-refractivity contribution in [3.05, 3.63) is 23.2 Å². The van der Waals surface area contributed by atoms with Crippen molar-refractivity contribution >= 4 is 0 Å². The molecule has 0 radical (unpaired) electrons. The summed E-state index contributed by atoms with van der Waals surface area (Å²) in [7, 11) is 0. The van der Waals surface area contributed by atoms with Crippen molar-refractivity contribution in [3.8, 4) is 0 Å². The number of rotatable bonds is 4. The predicted octanol–water partition coefficient (Wildman–Crippen LogP) is 3.78. The van der Waals surface area contributed by atoms with Gasteiger partial charge in [-0.15, -0.1) is 0 Å². The standard InChI is InChI=1S/C16H27NO2/c1-11-5-14(8-16(3,4)7-11)18-10-15-6-13(9-17)12(2)19-15/h6,11,14H,5,7-10,17H2,1-4H3. The molecule has 3 nitrogen and oxygen atoms in total. The van der Waals surface area contributed by atoms with E-state index in [1.165, 1.54) is 6.42 Å². The van der Waals surface area contributed by atoms with Crippen LogP contribution in [0.5, 0.6) is 0 Å². The normalized spacial score (nSPS) is 26.6. The van der Waals surface area contributed by atoms with Crippen LogP contribution in [0.1, 0.15) is 57.1 Å². The maximum absolute atomic E-state index is 6.05. The van der Waals surface area contributed by atoms with Crippen molar-refractivity contribution in [2.45, 2.75) is 66.2 Å². The second-order valence-corrected chi connectivity index (χ2v) is 6.84. The van der Waals surface area contributed by atoms with Crippen LogP contribution in [0.4, 0.5) is 0 Å². The molecule has 0 saturated heterocycles. The third-order valence-corrected chi connectivity index (χ3v) is 4.10. The Morgan fingerprint density at radius 1 is 1.42 bits per heavy atom. The third-order valence-electron chi connectivity index (χ3n) is 4.10. The molecular weight excluding hydrogens is 238 g/mol. The number of furan rings is 1. The van der Waals surface area contributed by atoms with Gasteiger partial charge in [-0.25, -0.2) is 0 Å². The molecule has 2 rings (SSSR count). The van der Waals surface area contributed by atoms with Crippen molar-refractivity contribution in [2.24, 2.45) is 17.1 Å². The highest BCUT2D eigenvalue weighted by Crippen LogP contribution is 2.39. The Bertz CT molecular complexity index is 422. The summed E-state index contributed by atoms with van der Waals surface area (Å²) in [5.41, 5.74) is 7.13. The zero-order chi connectivity index (χ0) is 14.0. The molecule has 0 bridgehead atoms. The number of hydrogen-bond acceptors (Lipinski definition) is 3. The van der Waals surface area contributed by atoms with Gasteiger partial charge in [0, 0.05) is 12.1 Å². The fourth-order valence-corrected chi connectivity index (χ4v) is 3.45. The number of nitrogens with two attached hydrogens (primary N) is 1. The molecule has 19 heavy (non-hydrogen) atoms. The van der Waals surface area contributed by atoms with Gasteiger partial charge in [0.05, 0.1) is 6.10 Å². The molecule has 108 valence electrons. The Kier molecular flexibility index (Phi) is 4.36. The minimum Gasteiger partial charge on any atom is -0.464 e. The average Bonchev–Trinajstić information content (AvgIpc) is 2.64. The smallest absolute Gasteiger partial charge is 0.130 e. The molecule has 1 heterocycles. The van der Waals surface area contributed by atoms with E-state index in [2.05, 4.69) is 20.8 Å². The van der Waals surface area contributed by atoms with Crippen LogP contribution in [-0.4, -0.2) is 6.10 Å². The molecule has 0 aromatic carbocycles. The molecule has 3 heteroatoms. The molecule has 1 aromatic heterocycles. The summed E-state index contributed by atoms with van der Waals surface area (Å²) in [5, 5.41) is 0. The highest BCUT2D eigenvalue weighted by Gasteiger charge is 2.32. The molecule has 0 aliphatic heterocycles. The van der Waals surface area contributed by atoms with Gasteiger partial charge < -0.3 is 14.9 Å². The van der Waals surface area contributed by atoms with E-state index in [0.717, 1.165) is 35.8 Å². The first-order valence-corrected chi connectivity index (χ1v) is 7.29. The average molecular weight is 265 g/mol. The lowest BCUT2D eigenvalue weighted by Gasteiger charge is -2.38. The highest BCUT2D eigenvalue weighted by atomic mass is 16.5. The Morgan fingerprint density at radius 2 is 2.16 bits per heavy atom. The fraction of sp³-hybridized carbons (Fsp3) is 0.750. The lowest BCUT2D eigenvalue weighted by atomic mass is 9.71. The quantitative estimate of drug-likeness (QED) is 0.901. The van der Waals surface area contributed by atoms with Gasteiger partial charge in [0.2, 0.25) is 0 Å². The van der Waals surface area contributed by atoms with Gasteiger partial charge in [0.25, 0.3) is 0 Å². The van der Waals surface area contributed by atoms with Gasteiger partial charge in [-0.2, -0.15) is 0 Å². The van der Waals surface area contributed by atoms with E-state index in [1.54, 1.807) is 0 Å². The van der Waals surface area contributed by atoms with Gasteiger partial charge in [-0.05, 0) is 43.6 Å². The van der Waals surface area contributed by atoms with Crippen LogP contribution in [0, 0.1) is 18.3 Å². The third kappa shape index (κ3) is 3.83. The van der Waals surface area contributed by atoms with Gasteiger partial charge >= 0.3 is 0 Å². The topological polar surface area (TPSA) is 48.4 Å². The van der Waals surface area contributed by atoms with Crippen LogP contribution < -0.4 is 5.73 Å². The van der Waals surface area contributed by atoms with E-state index in [9.17, 15) is 0 Å². The summed E-state index contributed by atoms with van der Waals surface area (Å²) < 4.78 is 11.7. The van der Waals surface area contributed by atoms with E-state index in [0.29, 0.717) is 24.7 Å². The molecule has 2 N–H and O–H groups in total. The monoisotopic (exact) mass is 265 g/mol. The molecule has 1 aliphatic carbocycles. The molecule has 0 spiro atoms. The minimum atomic E-state index is 0.352. The van der Waals surface area contributed by atoms with Crippen LogP contribution >= 0.6 is 0 Å². The Hall–Kier alpha value is -0.800. The van der Waals surface area contributed by atoms with Crippen LogP contribution in [0.25, 0.3) is 0 Å². The minimum absolute atomic E-state index is 0.352. The van der Waals surface area contributed by atoms with E-state index < -0.39 is 0 Å². The number of ether oxygens (including phenoxy) is 1. The largest absolute Gasteiger partial charge is 0.464 e. The molecule has 1 aliphatic rings. The van der Waals surface area contributed by atoms with E-state index in [1.807, 2.05) is 13.0 Å². The molecule has 1 aromatic rings. The van der Waals surface area contributed by atoms with E-state index in [-0.39, 0.29) is 0 Å². The Morgan fingerprint density at radius 3 is 2.74 bits per heavy atom. The molecule has 2 atom stereocenters. The molecule has 1 saturated carbocycles. The second kappa shape index (κ2) is 5.68. The van der Waals surface area contributed by atoms with Gasteiger partial charge in [-0.1, -0.05) is 20.8 Å². The van der Waals surface area contributed by atoms with Crippen LogP contribution in [-0.2, 0) is 17.9 Å². The Balaban J connectivity index is 1.91.